The molecule has 1 aromatic rings. The van der Waals surface area contributed by atoms with E-state index >= 15 is 0 Å². The Morgan fingerprint density at radius 2 is 2.22 bits per heavy atom. The minimum Gasteiger partial charge on any atom is -0.472 e. The van der Waals surface area contributed by atoms with Gasteiger partial charge in [-0.25, -0.2) is 14.2 Å². The first-order valence-electron chi connectivity index (χ1n) is 7.79. The van der Waals surface area contributed by atoms with Crippen LogP contribution in [0.15, 0.2) is 12.3 Å². The number of amides is 1. The third-order valence-corrected chi connectivity index (χ3v) is 3.53. The number of rotatable bonds is 4. The van der Waals surface area contributed by atoms with Crippen LogP contribution in [-0.4, -0.2) is 28.8 Å². The zero-order chi connectivity index (χ0) is 17.0. The molecule has 23 heavy (non-hydrogen) atoms. The lowest BCUT2D eigenvalue weighted by atomic mass is 10.2. The summed E-state index contributed by atoms with van der Waals surface area (Å²) >= 11 is 0. The van der Waals surface area contributed by atoms with Crippen LogP contribution in [0.3, 0.4) is 0 Å². The highest BCUT2D eigenvalue weighted by Crippen LogP contribution is 2.26. The number of aromatic nitrogens is 1. The largest absolute Gasteiger partial charge is 0.472 e. The maximum Gasteiger partial charge on any atom is 0.408 e. The Morgan fingerprint density at radius 3 is 2.87 bits per heavy atom. The number of carbonyl (C=O) groups is 1. The predicted molar refractivity (Wildman–Crippen MR) is 83.5 cm³/mol. The summed E-state index contributed by atoms with van der Waals surface area (Å²) in [5, 5.41) is 2.84. The maximum atomic E-state index is 13.2. The molecule has 7 heteroatoms. The zero-order valence-electron chi connectivity index (χ0n) is 13.8. The Labute approximate surface area is 135 Å². The molecule has 1 amide bonds. The maximum absolute atomic E-state index is 13.2. The van der Waals surface area contributed by atoms with Crippen molar-refractivity contribution in [2.75, 3.05) is 0 Å². The molecule has 1 aliphatic carbocycles. The van der Waals surface area contributed by atoms with Crippen LogP contribution in [0, 0.1) is 5.82 Å². The lowest BCUT2D eigenvalue weighted by molar-refractivity contribution is 0.0461. The van der Waals surface area contributed by atoms with E-state index in [0.717, 1.165) is 25.5 Å². The molecular formula is C16H24FN3O3. The molecule has 1 heterocycles. The first-order valence-corrected chi connectivity index (χ1v) is 7.79. The summed E-state index contributed by atoms with van der Waals surface area (Å²) in [6, 6.07) is 1.15. The van der Waals surface area contributed by atoms with E-state index in [-0.39, 0.29) is 18.7 Å². The Hall–Kier alpha value is -1.89. The molecule has 0 bridgehead atoms. The van der Waals surface area contributed by atoms with Crippen LogP contribution in [0.4, 0.5) is 9.18 Å². The van der Waals surface area contributed by atoms with Gasteiger partial charge in [-0.15, -0.1) is 0 Å². The van der Waals surface area contributed by atoms with Crippen molar-refractivity contribution in [1.82, 2.24) is 10.3 Å². The summed E-state index contributed by atoms with van der Waals surface area (Å²) in [4.78, 5) is 15.9. The van der Waals surface area contributed by atoms with Gasteiger partial charge in [0.15, 0.2) is 0 Å². The average Bonchev–Trinajstić information content (AvgIpc) is 2.85. The van der Waals surface area contributed by atoms with Crippen molar-refractivity contribution in [2.24, 2.45) is 5.73 Å². The summed E-state index contributed by atoms with van der Waals surface area (Å²) < 4.78 is 24.3. The van der Waals surface area contributed by atoms with E-state index in [1.807, 2.05) is 20.8 Å². The minimum atomic E-state index is -0.551. The van der Waals surface area contributed by atoms with Gasteiger partial charge >= 0.3 is 6.09 Å². The second-order valence-electron chi connectivity index (χ2n) is 6.66. The number of carbonyl (C=O) groups excluding carboxylic acids is 1. The number of ether oxygens (including phenoxy) is 2. The molecule has 6 nitrogen and oxygen atoms in total. The second kappa shape index (κ2) is 7.12. The van der Waals surface area contributed by atoms with Crippen LogP contribution in [0.2, 0.25) is 0 Å². The number of nitrogens with zero attached hydrogens (tertiary/aromatic N) is 1. The number of hydrogen-bond acceptors (Lipinski definition) is 5. The molecule has 1 aliphatic rings. The first kappa shape index (κ1) is 17.5. The van der Waals surface area contributed by atoms with Crippen molar-refractivity contribution >= 4 is 6.09 Å². The minimum absolute atomic E-state index is 0.136. The van der Waals surface area contributed by atoms with Gasteiger partial charge < -0.3 is 20.5 Å². The Balaban J connectivity index is 2.01. The molecule has 3 N–H and O–H groups in total. The third-order valence-electron chi connectivity index (χ3n) is 3.53. The van der Waals surface area contributed by atoms with Gasteiger partial charge in [0.2, 0.25) is 5.88 Å². The highest BCUT2D eigenvalue weighted by molar-refractivity contribution is 5.68. The fraction of sp³-hybridized carbons (Fsp3) is 0.625. The summed E-state index contributed by atoms with van der Waals surface area (Å²) in [6.07, 6.45) is 2.89. The van der Waals surface area contributed by atoms with Crippen molar-refractivity contribution in [3.8, 4) is 5.88 Å². The van der Waals surface area contributed by atoms with Crippen LogP contribution >= 0.6 is 0 Å². The summed E-state index contributed by atoms with van der Waals surface area (Å²) in [5.41, 5.74) is 5.56. The van der Waals surface area contributed by atoms with Crippen LogP contribution < -0.4 is 15.8 Å². The van der Waals surface area contributed by atoms with Gasteiger partial charge in [-0.1, -0.05) is 0 Å². The fourth-order valence-electron chi connectivity index (χ4n) is 2.56. The van der Waals surface area contributed by atoms with Gasteiger partial charge in [0.25, 0.3) is 0 Å². The van der Waals surface area contributed by atoms with Crippen molar-refractivity contribution in [3.05, 3.63) is 23.6 Å². The molecule has 0 spiro atoms. The summed E-state index contributed by atoms with van der Waals surface area (Å²) in [6.45, 7) is 5.57. The van der Waals surface area contributed by atoms with Crippen molar-refractivity contribution < 1.29 is 18.7 Å². The Morgan fingerprint density at radius 1 is 1.48 bits per heavy atom. The van der Waals surface area contributed by atoms with E-state index in [1.54, 1.807) is 0 Å². The molecule has 1 aromatic heterocycles. The molecule has 2 unspecified atom stereocenters. The SMILES string of the molecule is CC(C)(C)OC(=O)NC1CCCC1Oc1ncc(F)cc1CN. The fourth-order valence-corrected chi connectivity index (χ4v) is 2.56. The van der Waals surface area contributed by atoms with Crippen molar-refractivity contribution in [2.45, 2.75) is 64.3 Å². The van der Waals surface area contributed by atoms with E-state index in [2.05, 4.69) is 10.3 Å². The average molecular weight is 325 g/mol. The van der Waals surface area contributed by atoms with Gasteiger partial charge in [0.1, 0.15) is 17.5 Å². The standard InChI is InChI=1S/C16H24FN3O3/c1-16(2,3)23-15(21)20-12-5-4-6-13(12)22-14-10(8-18)7-11(17)9-19-14/h7,9,12-13H,4-6,8,18H2,1-3H3,(H,20,21). The molecule has 1 saturated carbocycles. The predicted octanol–water partition coefficient (Wildman–Crippen LogP) is 2.50. The number of nitrogens with one attached hydrogen (secondary N) is 1. The molecule has 0 radical (unpaired) electrons. The zero-order valence-corrected chi connectivity index (χ0v) is 13.8. The Kier molecular flexibility index (Phi) is 5.41. The van der Waals surface area contributed by atoms with E-state index in [1.165, 1.54) is 6.07 Å². The highest BCUT2D eigenvalue weighted by atomic mass is 19.1. The number of nitrogens with two attached hydrogens (primary N) is 1. The van der Waals surface area contributed by atoms with Gasteiger partial charge in [-0.05, 0) is 46.1 Å². The smallest absolute Gasteiger partial charge is 0.408 e. The highest BCUT2D eigenvalue weighted by Gasteiger charge is 2.32. The van der Waals surface area contributed by atoms with Gasteiger partial charge in [-0.2, -0.15) is 0 Å². The van der Waals surface area contributed by atoms with Gasteiger partial charge in [-0.3, -0.25) is 0 Å². The molecule has 1 fully saturated rings. The number of pyridine rings is 1. The molecule has 2 rings (SSSR count). The lowest BCUT2D eigenvalue weighted by Crippen LogP contribution is -2.44. The second-order valence-corrected chi connectivity index (χ2v) is 6.66. The van der Waals surface area contributed by atoms with E-state index in [9.17, 15) is 9.18 Å². The van der Waals surface area contributed by atoms with E-state index in [0.29, 0.717) is 11.4 Å². The first-order chi connectivity index (χ1) is 10.8. The molecule has 0 aliphatic heterocycles. The summed E-state index contributed by atoms with van der Waals surface area (Å²) in [7, 11) is 0. The molecule has 0 saturated heterocycles. The van der Waals surface area contributed by atoms with Crippen LogP contribution in [0.25, 0.3) is 0 Å². The molecule has 2 atom stereocenters. The quantitative estimate of drug-likeness (QED) is 0.888. The molecule has 128 valence electrons. The topological polar surface area (TPSA) is 86.5 Å². The van der Waals surface area contributed by atoms with Crippen molar-refractivity contribution in [3.63, 3.8) is 0 Å². The van der Waals surface area contributed by atoms with Crippen LogP contribution in [0.5, 0.6) is 5.88 Å². The normalized spacial score (nSPS) is 21.1. The Bertz CT molecular complexity index is 560. The van der Waals surface area contributed by atoms with Gasteiger partial charge in [0, 0.05) is 12.1 Å². The third kappa shape index (κ3) is 5.06. The number of halogens is 1. The monoisotopic (exact) mass is 325 g/mol. The summed E-state index contributed by atoms with van der Waals surface area (Å²) in [5.74, 6) is -0.135. The number of hydrogen-bond donors (Lipinski definition) is 2. The molecular weight excluding hydrogens is 301 g/mol. The lowest BCUT2D eigenvalue weighted by Gasteiger charge is -2.25. The van der Waals surface area contributed by atoms with Crippen LogP contribution in [0.1, 0.15) is 45.6 Å². The van der Waals surface area contributed by atoms with Gasteiger partial charge in [0.05, 0.1) is 12.2 Å². The van der Waals surface area contributed by atoms with Crippen molar-refractivity contribution in [1.29, 1.82) is 0 Å². The van der Waals surface area contributed by atoms with E-state index in [4.69, 9.17) is 15.2 Å². The van der Waals surface area contributed by atoms with Crippen LogP contribution in [-0.2, 0) is 11.3 Å². The number of alkyl carbamates (subject to hydrolysis) is 1. The van der Waals surface area contributed by atoms with E-state index < -0.39 is 17.5 Å². The molecule has 0 aromatic carbocycles.